The van der Waals surface area contributed by atoms with Gasteiger partial charge in [-0.25, -0.2) is 0 Å². The number of halogens is 2. The maximum absolute atomic E-state index is 11.9. The minimum Gasteiger partial charge on any atom is -0.380 e. The van der Waals surface area contributed by atoms with Crippen LogP contribution in [0.2, 0.25) is 0 Å². The summed E-state index contributed by atoms with van der Waals surface area (Å²) >= 11 is 3.48. The van der Waals surface area contributed by atoms with Crippen molar-refractivity contribution in [3.8, 4) is 0 Å². The Labute approximate surface area is 141 Å². The third kappa shape index (κ3) is 7.81. The van der Waals surface area contributed by atoms with E-state index < -0.39 is 0 Å². The highest BCUT2D eigenvalue weighted by molar-refractivity contribution is 9.10. The van der Waals surface area contributed by atoms with E-state index in [1.807, 2.05) is 18.2 Å². The van der Waals surface area contributed by atoms with Gasteiger partial charge in [-0.1, -0.05) is 34.8 Å². The lowest BCUT2D eigenvalue weighted by Gasteiger charge is -2.12. The summed E-state index contributed by atoms with van der Waals surface area (Å²) in [5.74, 6) is 0.0493. The third-order valence-electron chi connectivity index (χ3n) is 3.04. The minimum atomic E-state index is 0. The van der Waals surface area contributed by atoms with Gasteiger partial charge in [0, 0.05) is 29.3 Å². The molecule has 0 fully saturated rings. The highest BCUT2D eigenvalue weighted by Gasteiger charge is 2.09. The summed E-state index contributed by atoms with van der Waals surface area (Å²) in [6, 6.07) is 5.74. The molecule has 4 nitrogen and oxygen atoms in total. The summed E-state index contributed by atoms with van der Waals surface area (Å²) in [6.45, 7) is 1.19. The van der Waals surface area contributed by atoms with Crippen LogP contribution in [0.15, 0.2) is 22.7 Å². The Bertz CT molecular complexity index is 430. The number of anilines is 1. The van der Waals surface area contributed by atoms with E-state index in [1.165, 1.54) is 0 Å². The molecule has 0 bridgehead atoms. The molecule has 0 saturated heterocycles. The van der Waals surface area contributed by atoms with Crippen molar-refractivity contribution in [2.45, 2.75) is 38.7 Å². The number of nitrogens with two attached hydrogens (primary N) is 1. The molecule has 1 amide bonds. The quantitative estimate of drug-likeness (QED) is 0.640. The normalized spacial score (nSPS) is 10.0. The zero-order chi connectivity index (χ0) is 14.8. The van der Waals surface area contributed by atoms with Crippen molar-refractivity contribution in [1.29, 1.82) is 0 Å². The summed E-state index contributed by atoms with van der Waals surface area (Å²) in [4.78, 5) is 11.9. The van der Waals surface area contributed by atoms with Gasteiger partial charge in [0.05, 0.1) is 6.61 Å². The first-order valence-electron chi connectivity index (χ1n) is 6.95. The second kappa shape index (κ2) is 12.0. The Morgan fingerprint density at radius 2 is 2.00 bits per heavy atom. The topological polar surface area (TPSA) is 64.3 Å². The number of carbonyl (C=O) groups is 1. The van der Waals surface area contributed by atoms with Gasteiger partial charge in [-0.2, -0.15) is 0 Å². The number of unbranched alkanes of at least 4 members (excludes halogenated alkanes) is 3. The van der Waals surface area contributed by atoms with Gasteiger partial charge < -0.3 is 15.8 Å². The number of carbonyl (C=O) groups excluding carboxylic acids is 1. The van der Waals surface area contributed by atoms with E-state index in [0.717, 1.165) is 48.0 Å². The number of amides is 1. The number of hydrogen-bond acceptors (Lipinski definition) is 3. The van der Waals surface area contributed by atoms with E-state index in [4.69, 9.17) is 10.5 Å². The molecule has 0 aliphatic heterocycles. The number of hydrogen-bond donors (Lipinski definition) is 2. The molecular formula is C15H24BrClN2O2. The Morgan fingerprint density at radius 3 is 2.67 bits per heavy atom. The number of ether oxygens (including phenoxy) is 1. The second-order valence-electron chi connectivity index (χ2n) is 4.70. The largest absolute Gasteiger partial charge is 0.380 e. The van der Waals surface area contributed by atoms with Gasteiger partial charge in [0.1, 0.15) is 0 Å². The fraction of sp³-hybridized carbons (Fsp3) is 0.533. The van der Waals surface area contributed by atoms with E-state index in [9.17, 15) is 4.79 Å². The molecule has 0 unspecified atom stereocenters. The molecule has 0 saturated carbocycles. The van der Waals surface area contributed by atoms with E-state index in [1.54, 1.807) is 7.11 Å². The molecule has 21 heavy (non-hydrogen) atoms. The lowest BCUT2D eigenvalue weighted by Crippen LogP contribution is -2.13. The summed E-state index contributed by atoms with van der Waals surface area (Å²) in [7, 11) is 1.64. The summed E-state index contributed by atoms with van der Waals surface area (Å²) < 4.78 is 6.11. The first-order chi connectivity index (χ1) is 9.69. The molecule has 0 aliphatic carbocycles. The molecule has 0 spiro atoms. The minimum absolute atomic E-state index is 0. The van der Waals surface area contributed by atoms with Crippen molar-refractivity contribution in [1.82, 2.24) is 0 Å². The maximum atomic E-state index is 11.9. The number of rotatable bonds is 9. The molecule has 0 aromatic heterocycles. The van der Waals surface area contributed by atoms with Crippen molar-refractivity contribution in [2.75, 3.05) is 19.0 Å². The standard InChI is InChI=1S/C15H23BrN2O2.ClH/c1-20-11-12-13(16)7-6-8-14(12)18-15(19)9-4-2-3-5-10-17;/h6-8H,2-5,9-11,17H2,1H3,(H,18,19);1H. The molecular weight excluding hydrogens is 356 g/mol. The molecule has 0 heterocycles. The van der Waals surface area contributed by atoms with E-state index in [0.29, 0.717) is 13.0 Å². The van der Waals surface area contributed by atoms with Crippen molar-refractivity contribution >= 4 is 39.9 Å². The van der Waals surface area contributed by atoms with Crippen LogP contribution in [0.25, 0.3) is 0 Å². The number of benzene rings is 1. The average molecular weight is 380 g/mol. The van der Waals surface area contributed by atoms with Crippen LogP contribution in [-0.4, -0.2) is 19.6 Å². The second-order valence-corrected chi connectivity index (χ2v) is 5.55. The van der Waals surface area contributed by atoms with Crippen LogP contribution in [0.3, 0.4) is 0 Å². The van der Waals surface area contributed by atoms with Crippen LogP contribution in [-0.2, 0) is 16.1 Å². The molecule has 1 aromatic carbocycles. The fourth-order valence-corrected chi connectivity index (χ4v) is 2.44. The summed E-state index contributed by atoms with van der Waals surface area (Å²) in [5, 5.41) is 2.95. The van der Waals surface area contributed by atoms with Gasteiger partial charge in [0.25, 0.3) is 0 Å². The molecule has 120 valence electrons. The molecule has 0 radical (unpaired) electrons. The van der Waals surface area contributed by atoms with E-state index >= 15 is 0 Å². The van der Waals surface area contributed by atoms with Gasteiger partial charge in [0.15, 0.2) is 0 Å². The predicted octanol–water partition coefficient (Wildman–Crippen LogP) is 3.87. The molecule has 0 atom stereocenters. The van der Waals surface area contributed by atoms with Gasteiger partial charge >= 0.3 is 0 Å². The van der Waals surface area contributed by atoms with Gasteiger partial charge in [-0.3, -0.25) is 4.79 Å². The van der Waals surface area contributed by atoms with Crippen molar-refractivity contribution in [3.05, 3.63) is 28.2 Å². The maximum Gasteiger partial charge on any atom is 0.224 e. The SMILES string of the molecule is COCc1c(Br)cccc1NC(=O)CCCCCCN.Cl. The van der Waals surface area contributed by atoms with Gasteiger partial charge in [0.2, 0.25) is 5.91 Å². The summed E-state index contributed by atoms with van der Waals surface area (Å²) in [5.41, 5.74) is 7.21. The van der Waals surface area contributed by atoms with Crippen LogP contribution >= 0.6 is 28.3 Å². The Hall–Kier alpha value is -0.620. The van der Waals surface area contributed by atoms with Crippen molar-refractivity contribution in [3.63, 3.8) is 0 Å². The zero-order valence-electron chi connectivity index (χ0n) is 12.4. The van der Waals surface area contributed by atoms with Crippen LogP contribution in [0.1, 0.15) is 37.7 Å². The van der Waals surface area contributed by atoms with Crippen molar-refractivity contribution in [2.24, 2.45) is 5.73 Å². The van der Waals surface area contributed by atoms with Gasteiger partial charge in [-0.15, -0.1) is 12.4 Å². The highest BCUT2D eigenvalue weighted by Crippen LogP contribution is 2.25. The monoisotopic (exact) mass is 378 g/mol. The molecule has 3 N–H and O–H groups in total. The van der Waals surface area contributed by atoms with Crippen molar-refractivity contribution < 1.29 is 9.53 Å². The highest BCUT2D eigenvalue weighted by atomic mass is 79.9. The number of methoxy groups -OCH3 is 1. The Morgan fingerprint density at radius 1 is 1.29 bits per heavy atom. The summed E-state index contributed by atoms with van der Waals surface area (Å²) in [6.07, 6.45) is 4.62. The zero-order valence-corrected chi connectivity index (χ0v) is 14.8. The van der Waals surface area contributed by atoms with Crippen LogP contribution < -0.4 is 11.1 Å². The number of nitrogens with one attached hydrogen (secondary N) is 1. The smallest absolute Gasteiger partial charge is 0.224 e. The molecule has 0 aliphatic rings. The van der Waals surface area contributed by atoms with E-state index in [2.05, 4.69) is 21.2 Å². The average Bonchev–Trinajstić information content (AvgIpc) is 2.42. The lowest BCUT2D eigenvalue weighted by molar-refractivity contribution is -0.116. The molecule has 6 heteroatoms. The van der Waals surface area contributed by atoms with Gasteiger partial charge in [-0.05, 0) is 31.5 Å². The van der Waals surface area contributed by atoms with Crippen LogP contribution in [0.5, 0.6) is 0 Å². The lowest BCUT2D eigenvalue weighted by atomic mass is 10.1. The first kappa shape index (κ1) is 20.4. The first-order valence-corrected chi connectivity index (χ1v) is 7.74. The Kier molecular flexibility index (Phi) is 11.6. The van der Waals surface area contributed by atoms with Crippen LogP contribution in [0, 0.1) is 0 Å². The predicted molar refractivity (Wildman–Crippen MR) is 92.9 cm³/mol. The fourth-order valence-electron chi connectivity index (χ4n) is 1.96. The Balaban J connectivity index is 0.00000400. The van der Waals surface area contributed by atoms with Crippen LogP contribution in [0.4, 0.5) is 5.69 Å². The third-order valence-corrected chi connectivity index (χ3v) is 3.78. The molecule has 1 rings (SSSR count). The molecule has 1 aromatic rings. The van der Waals surface area contributed by atoms with E-state index in [-0.39, 0.29) is 18.3 Å².